The molecular formula is C14H16FNO3. The van der Waals surface area contributed by atoms with Gasteiger partial charge >= 0.3 is 5.97 Å². The van der Waals surface area contributed by atoms with Crippen molar-refractivity contribution in [3.05, 3.63) is 35.6 Å². The van der Waals surface area contributed by atoms with Crippen LogP contribution in [0.3, 0.4) is 0 Å². The topological polar surface area (TPSA) is 57.6 Å². The predicted molar refractivity (Wildman–Crippen MR) is 67.2 cm³/mol. The second-order valence-electron chi connectivity index (χ2n) is 4.83. The highest BCUT2D eigenvalue weighted by Crippen LogP contribution is 2.30. The molecule has 1 N–H and O–H groups in total. The number of halogens is 1. The van der Waals surface area contributed by atoms with Gasteiger partial charge in [0.1, 0.15) is 12.4 Å². The van der Waals surface area contributed by atoms with Crippen molar-refractivity contribution < 1.29 is 19.1 Å². The fourth-order valence-corrected chi connectivity index (χ4v) is 2.13. The van der Waals surface area contributed by atoms with E-state index in [1.165, 1.54) is 11.0 Å². The van der Waals surface area contributed by atoms with E-state index in [9.17, 15) is 14.0 Å². The molecule has 102 valence electrons. The van der Waals surface area contributed by atoms with Gasteiger partial charge in [-0.2, -0.15) is 0 Å². The van der Waals surface area contributed by atoms with Gasteiger partial charge in [0.15, 0.2) is 0 Å². The van der Waals surface area contributed by atoms with Gasteiger partial charge in [0.05, 0.1) is 5.92 Å². The van der Waals surface area contributed by atoms with E-state index in [2.05, 4.69) is 0 Å². The largest absolute Gasteiger partial charge is 0.480 e. The van der Waals surface area contributed by atoms with Gasteiger partial charge in [0.2, 0.25) is 5.91 Å². The van der Waals surface area contributed by atoms with Gasteiger partial charge in [-0.3, -0.25) is 9.59 Å². The Morgan fingerprint density at radius 3 is 2.58 bits per heavy atom. The smallest absolute Gasteiger partial charge is 0.323 e. The van der Waals surface area contributed by atoms with Crippen LogP contribution >= 0.6 is 0 Å². The summed E-state index contributed by atoms with van der Waals surface area (Å²) in [5, 5.41) is 8.85. The number of aliphatic carboxylic acids is 1. The summed E-state index contributed by atoms with van der Waals surface area (Å²) >= 11 is 0. The second kappa shape index (κ2) is 5.38. The second-order valence-corrected chi connectivity index (χ2v) is 4.83. The van der Waals surface area contributed by atoms with Gasteiger partial charge in [-0.25, -0.2) is 4.39 Å². The number of amides is 1. The lowest BCUT2D eigenvalue weighted by Crippen LogP contribution is -2.40. The highest BCUT2D eigenvalue weighted by Gasteiger charge is 2.36. The van der Waals surface area contributed by atoms with Crippen molar-refractivity contribution >= 4 is 11.9 Å². The predicted octanol–water partition coefficient (Wildman–Crippen LogP) is 2.00. The number of nitrogens with zero attached hydrogens (tertiary/aromatic N) is 1. The molecule has 2 rings (SSSR count). The molecule has 4 nitrogen and oxygen atoms in total. The van der Waals surface area contributed by atoms with Gasteiger partial charge in [0.25, 0.3) is 0 Å². The Balaban J connectivity index is 2.17. The van der Waals surface area contributed by atoms with Gasteiger partial charge in [-0.15, -0.1) is 0 Å². The van der Waals surface area contributed by atoms with E-state index in [0.29, 0.717) is 5.56 Å². The maximum atomic E-state index is 13.7. The highest BCUT2D eigenvalue weighted by atomic mass is 19.1. The summed E-state index contributed by atoms with van der Waals surface area (Å²) in [7, 11) is 0. The first-order valence-corrected chi connectivity index (χ1v) is 6.27. The molecule has 1 saturated carbocycles. The number of hydrogen-bond acceptors (Lipinski definition) is 2. The first-order chi connectivity index (χ1) is 9.00. The molecule has 19 heavy (non-hydrogen) atoms. The minimum Gasteiger partial charge on any atom is -0.480 e. The first kappa shape index (κ1) is 13.5. The van der Waals surface area contributed by atoms with Crippen LogP contribution in [0.5, 0.6) is 0 Å². The van der Waals surface area contributed by atoms with E-state index in [1.807, 2.05) is 0 Å². The molecule has 0 bridgehead atoms. The molecule has 0 spiro atoms. The Bertz CT molecular complexity index is 499. The van der Waals surface area contributed by atoms with E-state index < -0.39 is 17.7 Å². The Morgan fingerprint density at radius 1 is 1.42 bits per heavy atom. The van der Waals surface area contributed by atoms with Crippen LogP contribution in [0, 0.1) is 5.82 Å². The molecule has 0 saturated heterocycles. The van der Waals surface area contributed by atoms with Crippen molar-refractivity contribution in [2.45, 2.75) is 31.7 Å². The lowest BCUT2D eigenvalue weighted by molar-refractivity contribution is -0.145. The number of carboxylic acids is 1. The summed E-state index contributed by atoms with van der Waals surface area (Å²) in [5.41, 5.74) is 0.309. The number of benzene rings is 1. The Labute approximate surface area is 110 Å². The summed E-state index contributed by atoms with van der Waals surface area (Å²) < 4.78 is 13.7. The molecular weight excluding hydrogens is 249 g/mol. The van der Waals surface area contributed by atoms with E-state index in [-0.39, 0.29) is 18.5 Å². The molecule has 1 fully saturated rings. The first-order valence-electron chi connectivity index (χ1n) is 6.27. The Hall–Kier alpha value is -1.91. The molecule has 0 radical (unpaired) electrons. The standard InChI is InChI=1S/C14H16FNO3/c1-9(11-4-2-3-5-12(11)15)14(19)16(8-13(17)18)10-6-7-10/h2-5,9-10H,6-8H2,1H3,(H,17,18). The monoisotopic (exact) mass is 265 g/mol. The third-order valence-corrected chi connectivity index (χ3v) is 3.32. The quantitative estimate of drug-likeness (QED) is 0.886. The van der Waals surface area contributed by atoms with Crippen LogP contribution in [-0.4, -0.2) is 34.5 Å². The van der Waals surface area contributed by atoms with Crippen LogP contribution in [0.25, 0.3) is 0 Å². The molecule has 1 atom stereocenters. The molecule has 0 aromatic heterocycles. The molecule has 1 aliphatic rings. The third kappa shape index (κ3) is 3.10. The van der Waals surface area contributed by atoms with Crippen molar-refractivity contribution in [1.29, 1.82) is 0 Å². The lowest BCUT2D eigenvalue weighted by atomic mass is 9.99. The van der Waals surface area contributed by atoms with E-state index in [0.717, 1.165) is 12.8 Å². The van der Waals surface area contributed by atoms with Gasteiger partial charge in [-0.1, -0.05) is 18.2 Å². The zero-order valence-corrected chi connectivity index (χ0v) is 10.7. The molecule has 1 unspecified atom stereocenters. The van der Waals surface area contributed by atoms with E-state index in [4.69, 9.17) is 5.11 Å². The summed E-state index contributed by atoms with van der Waals surface area (Å²) in [5.74, 6) is -2.47. The summed E-state index contributed by atoms with van der Waals surface area (Å²) in [6, 6.07) is 6.09. The molecule has 1 aliphatic carbocycles. The van der Waals surface area contributed by atoms with Crippen LogP contribution in [0.4, 0.5) is 4.39 Å². The maximum Gasteiger partial charge on any atom is 0.323 e. The van der Waals surface area contributed by atoms with Crippen molar-refractivity contribution in [3.63, 3.8) is 0 Å². The van der Waals surface area contributed by atoms with Crippen LogP contribution in [-0.2, 0) is 9.59 Å². The van der Waals surface area contributed by atoms with Crippen molar-refractivity contribution in [1.82, 2.24) is 4.90 Å². The van der Waals surface area contributed by atoms with Crippen molar-refractivity contribution in [2.24, 2.45) is 0 Å². The minimum atomic E-state index is -1.04. The highest BCUT2D eigenvalue weighted by molar-refractivity contribution is 5.87. The molecule has 0 heterocycles. The fourth-order valence-electron chi connectivity index (χ4n) is 2.13. The zero-order valence-electron chi connectivity index (χ0n) is 10.7. The average Bonchev–Trinajstić information content (AvgIpc) is 3.19. The molecule has 1 amide bonds. The average molecular weight is 265 g/mol. The molecule has 1 aromatic carbocycles. The maximum absolute atomic E-state index is 13.7. The van der Waals surface area contributed by atoms with Crippen LogP contribution in [0.1, 0.15) is 31.2 Å². The fraction of sp³-hybridized carbons (Fsp3) is 0.429. The molecule has 0 aliphatic heterocycles. The van der Waals surface area contributed by atoms with Gasteiger partial charge < -0.3 is 10.0 Å². The van der Waals surface area contributed by atoms with Gasteiger partial charge in [0, 0.05) is 6.04 Å². The van der Waals surface area contributed by atoms with E-state index in [1.54, 1.807) is 25.1 Å². The molecule has 5 heteroatoms. The van der Waals surface area contributed by atoms with Crippen LogP contribution in [0.2, 0.25) is 0 Å². The Kier molecular flexibility index (Phi) is 3.83. The van der Waals surface area contributed by atoms with E-state index >= 15 is 0 Å². The SMILES string of the molecule is CC(C(=O)N(CC(=O)O)C1CC1)c1ccccc1F. The zero-order chi connectivity index (χ0) is 14.0. The number of carboxylic acid groups (broad SMARTS) is 1. The lowest BCUT2D eigenvalue weighted by Gasteiger charge is -2.24. The van der Waals surface area contributed by atoms with Crippen LogP contribution in [0.15, 0.2) is 24.3 Å². The van der Waals surface area contributed by atoms with Crippen molar-refractivity contribution in [3.8, 4) is 0 Å². The number of rotatable bonds is 5. The third-order valence-electron chi connectivity index (χ3n) is 3.32. The summed E-state index contributed by atoms with van der Waals surface area (Å²) in [4.78, 5) is 24.5. The van der Waals surface area contributed by atoms with Crippen molar-refractivity contribution in [2.75, 3.05) is 6.54 Å². The van der Waals surface area contributed by atoms with Gasteiger partial charge in [-0.05, 0) is 31.4 Å². The normalized spacial score (nSPS) is 15.9. The van der Waals surface area contributed by atoms with Crippen LogP contribution < -0.4 is 0 Å². The number of hydrogen-bond donors (Lipinski definition) is 1. The minimum absolute atomic E-state index is 0.00202. The number of carbonyl (C=O) groups is 2. The number of carbonyl (C=O) groups excluding carboxylic acids is 1. The molecule has 1 aromatic rings. The summed E-state index contributed by atoms with van der Waals surface area (Å²) in [6.45, 7) is 1.29. The Morgan fingerprint density at radius 2 is 2.05 bits per heavy atom. The summed E-state index contributed by atoms with van der Waals surface area (Å²) in [6.07, 6.45) is 1.64.